The molecule has 12 heavy (non-hydrogen) atoms. The maximum absolute atomic E-state index is 11.3. The average molecular weight is 231 g/mol. The molecule has 0 aliphatic heterocycles. The van der Waals surface area contributed by atoms with Gasteiger partial charge in [0.1, 0.15) is 0 Å². The summed E-state index contributed by atoms with van der Waals surface area (Å²) in [6, 6.07) is 0. The van der Waals surface area contributed by atoms with Gasteiger partial charge >= 0.3 is 0 Å². The smallest absolute Gasteiger partial charge is 0.267 e. The zero-order valence-electron chi connectivity index (χ0n) is 7.34. The van der Waals surface area contributed by atoms with E-state index in [0.717, 1.165) is 5.56 Å². The summed E-state index contributed by atoms with van der Waals surface area (Å²) in [5, 5.41) is 3.93. The first-order chi connectivity index (χ1) is 5.54. The van der Waals surface area contributed by atoms with Crippen molar-refractivity contribution in [3.63, 3.8) is 0 Å². The van der Waals surface area contributed by atoms with E-state index in [1.54, 1.807) is 13.2 Å². The lowest BCUT2D eigenvalue weighted by molar-refractivity contribution is 0.683. The number of hydrogen-bond donors (Lipinski definition) is 0. The fourth-order valence-electron chi connectivity index (χ4n) is 0.926. The van der Waals surface area contributed by atoms with Crippen molar-refractivity contribution in [3.8, 4) is 0 Å². The second-order valence-corrected chi connectivity index (χ2v) is 3.79. The molecule has 0 spiro atoms. The van der Waals surface area contributed by atoms with E-state index in [-0.39, 0.29) is 5.56 Å². The highest BCUT2D eigenvalue weighted by Crippen LogP contribution is 2.19. The highest BCUT2D eigenvalue weighted by molar-refractivity contribution is 9.10. The molecule has 4 heteroatoms. The second kappa shape index (κ2) is 3.39. The summed E-state index contributed by atoms with van der Waals surface area (Å²) in [5.74, 6) is 0.320. The lowest BCUT2D eigenvalue weighted by Gasteiger charge is -2.07. The molecule has 1 aromatic heterocycles. The van der Waals surface area contributed by atoms with Crippen LogP contribution in [0.1, 0.15) is 25.3 Å². The molecule has 1 aromatic rings. The molecule has 0 saturated heterocycles. The van der Waals surface area contributed by atoms with Gasteiger partial charge in [-0.2, -0.15) is 5.10 Å². The van der Waals surface area contributed by atoms with Crippen LogP contribution in [0.2, 0.25) is 0 Å². The maximum Gasteiger partial charge on any atom is 0.281 e. The number of rotatable bonds is 1. The minimum atomic E-state index is -0.0822. The van der Waals surface area contributed by atoms with Gasteiger partial charge in [0.25, 0.3) is 5.56 Å². The summed E-state index contributed by atoms with van der Waals surface area (Å²) in [6.07, 6.45) is 1.72. The molecule has 0 saturated carbocycles. The molecule has 0 aromatic carbocycles. The van der Waals surface area contributed by atoms with Crippen molar-refractivity contribution in [2.75, 3.05) is 0 Å². The summed E-state index contributed by atoms with van der Waals surface area (Å²) in [6.45, 7) is 4.06. The summed E-state index contributed by atoms with van der Waals surface area (Å²) >= 11 is 3.26. The zero-order chi connectivity index (χ0) is 9.30. The average Bonchev–Trinajstić information content (AvgIpc) is 2.00. The van der Waals surface area contributed by atoms with Gasteiger partial charge in [-0.05, 0) is 27.4 Å². The predicted molar refractivity (Wildman–Crippen MR) is 51.3 cm³/mol. The SMILES string of the molecule is CC(C)c1cnn(C)c(=O)c1Br. The lowest BCUT2D eigenvalue weighted by Crippen LogP contribution is -2.21. The van der Waals surface area contributed by atoms with E-state index in [9.17, 15) is 4.79 Å². The number of halogens is 1. The standard InChI is InChI=1S/C8H11BrN2O/c1-5(2)6-4-10-11(3)8(12)7(6)9/h4-5H,1-3H3. The van der Waals surface area contributed by atoms with Gasteiger partial charge in [0, 0.05) is 7.05 Å². The van der Waals surface area contributed by atoms with Crippen molar-refractivity contribution in [1.82, 2.24) is 9.78 Å². The third-order valence-electron chi connectivity index (χ3n) is 1.73. The van der Waals surface area contributed by atoms with Gasteiger partial charge in [-0.1, -0.05) is 13.8 Å². The Kier molecular flexibility index (Phi) is 2.67. The predicted octanol–water partition coefficient (Wildman–Crippen LogP) is 1.67. The van der Waals surface area contributed by atoms with E-state index >= 15 is 0 Å². The molecule has 0 bridgehead atoms. The first-order valence-electron chi connectivity index (χ1n) is 3.75. The monoisotopic (exact) mass is 230 g/mol. The third-order valence-corrected chi connectivity index (χ3v) is 2.52. The summed E-state index contributed by atoms with van der Waals surface area (Å²) < 4.78 is 1.94. The van der Waals surface area contributed by atoms with Gasteiger partial charge < -0.3 is 0 Å². The fraction of sp³-hybridized carbons (Fsp3) is 0.500. The first-order valence-corrected chi connectivity index (χ1v) is 4.55. The summed E-state index contributed by atoms with van der Waals surface area (Å²) in [5.41, 5.74) is 0.874. The Bertz CT molecular complexity index is 343. The Hall–Kier alpha value is -0.640. The minimum Gasteiger partial charge on any atom is -0.267 e. The van der Waals surface area contributed by atoms with Crippen molar-refractivity contribution in [1.29, 1.82) is 0 Å². The van der Waals surface area contributed by atoms with Gasteiger partial charge in [-0.3, -0.25) is 4.79 Å². The topological polar surface area (TPSA) is 34.9 Å². The van der Waals surface area contributed by atoms with Crippen LogP contribution in [0.3, 0.4) is 0 Å². The molecule has 1 rings (SSSR count). The van der Waals surface area contributed by atoms with Crippen LogP contribution in [-0.4, -0.2) is 9.78 Å². The van der Waals surface area contributed by atoms with Crippen LogP contribution in [0.25, 0.3) is 0 Å². The highest BCUT2D eigenvalue weighted by Gasteiger charge is 2.08. The number of aryl methyl sites for hydroxylation is 1. The molecule has 0 amide bonds. The number of hydrogen-bond acceptors (Lipinski definition) is 2. The molecular formula is C8H11BrN2O. The molecule has 3 nitrogen and oxygen atoms in total. The van der Waals surface area contributed by atoms with Crippen LogP contribution in [0.5, 0.6) is 0 Å². The van der Waals surface area contributed by atoms with Crippen molar-refractivity contribution >= 4 is 15.9 Å². The van der Waals surface area contributed by atoms with Crippen LogP contribution < -0.4 is 5.56 Å². The Morgan fingerprint density at radius 2 is 2.17 bits per heavy atom. The molecule has 1 heterocycles. The summed E-state index contributed by atoms with van der Waals surface area (Å²) in [4.78, 5) is 11.3. The second-order valence-electron chi connectivity index (χ2n) is 3.00. The van der Waals surface area contributed by atoms with E-state index in [1.165, 1.54) is 4.68 Å². The molecule has 0 aliphatic carbocycles. The largest absolute Gasteiger partial charge is 0.281 e. The Morgan fingerprint density at radius 1 is 1.58 bits per heavy atom. The van der Waals surface area contributed by atoms with E-state index in [1.807, 2.05) is 13.8 Å². The van der Waals surface area contributed by atoms with E-state index in [4.69, 9.17) is 0 Å². The fourth-order valence-corrected chi connectivity index (χ4v) is 1.74. The van der Waals surface area contributed by atoms with Crippen LogP contribution in [-0.2, 0) is 7.05 Å². The van der Waals surface area contributed by atoms with Gasteiger partial charge in [0.05, 0.1) is 10.7 Å². The normalized spacial score (nSPS) is 10.8. The Morgan fingerprint density at radius 3 is 2.67 bits per heavy atom. The lowest BCUT2D eigenvalue weighted by atomic mass is 10.1. The molecule has 66 valence electrons. The van der Waals surface area contributed by atoms with E-state index in [0.29, 0.717) is 10.4 Å². The van der Waals surface area contributed by atoms with Gasteiger partial charge in [-0.25, -0.2) is 4.68 Å². The summed E-state index contributed by atoms with van der Waals surface area (Å²) in [7, 11) is 1.64. The van der Waals surface area contributed by atoms with Crippen LogP contribution in [0.4, 0.5) is 0 Å². The minimum absolute atomic E-state index is 0.0822. The highest BCUT2D eigenvalue weighted by atomic mass is 79.9. The van der Waals surface area contributed by atoms with E-state index in [2.05, 4.69) is 21.0 Å². The van der Waals surface area contributed by atoms with Crippen molar-refractivity contribution in [3.05, 3.63) is 26.6 Å². The van der Waals surface area contributed by atoms with Crippen molar-refractivity contribution in [2.45, 2.75) is 19.8 Å². The van der Waals surface area contributed by atoms with Crippen LogP contribution >= 0.6 is 15.9 Å². The number of aromatic nitrogens is 2. The zero-order valence-corrected chi connectivity index (χ0v) is 8.92. The van der Waals surface area contributed by atoms with Crippen molar-refractivity contribution < 1.29 is 0 Å². The molecule has 0 atom stereocenters. The molecular weight excluding hydrogens is 220 g/mol. The molecule has 0 unspecified atom stereocenters. The van der Waals surface area contributed by atoms with Crippen LogP contribution in [0, 0.1) is 0 Å². The molecule has 0 fully saturated rings. The quantitative estimate of drug-likeness (QED) is 0.736. The molecule has 0 N–H and O–H groups in total. The van der Waals surface area contributed by atoms with Crippen molar-refractivity contribution in [2.24, 2.45) is 7.05 Å². The van der Waals surface area contributed by atoms with Gasteiger partial charge in [0.15, 0.2) is 0 Å². The Labute approximate surface area is 79.5 Å². The van der Waals surface area contributed by atoms with E-state index < -0.39 is 0 Å². The maximum atomic E-state index is 11.3. The first kappa shape index (κ1) is 9.45. The molecule has 0 radical (unpaired) electrons. The third kappa shape index (κ3) is 1.58. The Balaban J connectivity index is 3.37. The van der Waals surface area contributed by atoms with Gasteiger partial charge in [0.2, 0.25) is 0 Å². The number of nitrogens with zero attached hydrogens (tertiary/aromatic N) is 2. The van der Waals surface area contributed by atoms with Gasteiger partial charge in [-0.15, -0.1) is 0 Å². The van der Waals surface area contributed by atoms with Crippen LogP contribution in [0.15, 0.2) is 15.5 Å². The molecule has 0 aliphatic rings.